The maximum atomic E-state index is 12.0. The third-order valence-electron chi connectivity index (χ3n) is 4.51. The zero-order valence-corrected chi connectivity index (χ0v) is 14.0. The van der Waals surface area contributed by atoms with Gasteiger partial charge in [0, 0.05) is 24.0 Å². The Balaban J connectivity index is 1.64. The van der Waals surface area contributed by atoms with E-state index in [1.807, 2.05) is 59.5 Å². The van der Waals surface area contributed by atoms with E-state index in [1.54, 1.807) is 7.11 Å². The van der Waals surface area contributed by atoms with Crippen LogP contribution in [0.25, 0.3) is 23.1 Å². The highest BCUT2D eigenvalue weighted by atomic mass is 16.5. The Morgan fingerprint density at radius 2 is 2.00 bits per heavy atom. The van der Waals surface area contributed by atoms with Crippen LogP contribution in [0, 0.1) is 0 Å². The van der Waals surface area contributed by atoms with E-state index in [-0.39, 0.29) is 5.91 Å². The molecule has 0 spiro atoms. The van der Waals surface area contributed by atoms with E-state index in [4.69, 9.17) is 4.74 Å². The third kappa shape index (κ3) is 3.01. The highest BCUT2D eigenvalue weighted by molar-refractivity contribution is 5.99. The van der Waals surface area contributed by atoms with E-state index in [0.29, 0.717) is 6.42 Å². The van der Waals surface area contributed by atoms with Crippen LogP contribution in [0.2, 0.25) is 0 Å². The van der Waals surface area contributed by atoms with Gasteiger partial charge in [0.1, 0.15) is 5.75 Å². The Morgan fingerprint density at radius 3 is 2.72 bits per heavy atom. The van der Waals surface area contributed by atoms with Crippen molar-refractivity contribution in [1.29, 1.82) is 0 Å². The maximum Gasteiger partial charge on any atom is 0.227 e. The van der Waals surface area contributed by atoms with Gasteiger partial charge in [-0.1, -0.05) is 18.2 Å². The number of carbonyl (C=O) groups is 1. The minimum absolute atomic E-state index is 0.193. The number of H-pyrrole nitrogens is 1. The summed E-state index contributed by atoms with van der Waals surface area (Å²) in [7, 11) is 1.66. The van der Waals surface area contributed by atoms with Gasteiger partial charge in [0.25, 0.3) is 0 Å². The van der Waals surface area contributed by atoms with Gasteiger partial charge in [0.15, 0.2) is 0 Å². The van der Waals surface area contributed by atoms with Gasteiger partial charge in [-0.15, -0.1) is 0 Å². The number of benzene rings is 2. The number of hydrogen-bond acceptors (Lipinski definition) is 3. The average molecular weight is 333 g/mol. The van der Waals surface area contributed by atoms with Crippen molar-refractivity contribution in [3.05, 3.63) is 53.7 Å². The molecule has 2 aromatic carbocycles. The Hall–Kier alpha value is -3.08. The molecule has 3 aromatic rings. The zero-order chi connectivity index (χ0) is 17.2. The second-order valence-corrected chi connectivity index (χ2v) is 6.09. The van der Waals surface area contributed by atoms with Crippen molar-refractivity contribution in [2.45, 2.75) is 12.8 Å². The number of carbonyl (C=O) groups excluding carboxylic acids is 1. The van der Waals surface area contributed by atoms with Crippen molar-refractivity contribution in [3.8, 4) is 5.75 Å². The zero-order valence-electron chi connectivity index (χ0n) is 14.0. The predicted molar refractivity (Wildman–Crippen MR) is 99.6 cm³/mol. The first-order valence-electron chi connectivity index (χ1n) is 8.35. The molecule has 1 N–H and O–H groups in total. The third-order valence-corrected chi connectivity index (χ3v) is 4.51. The number of nitrogens with one attached hydrogen (secondary N) is 1. The van der Waals surface area contributed by atoms with Crippen molar-refractivity contribution in [1.82, 2.24) is 10.2 Å². The minimum Gasteiger partial charge on any atom is -0.497 e. The number of fused-ring (bicyclic) bond motifs is 1. The molecule has 0 saturated carbocycles. The number of hydrogen-bond donors (Lipinski definition) is 1. The summed E-state index contributed by atoms with van der Waals surface area (Å²) in [4.78, 5) is 13.8. The van der Waals surface area contributed by atoms with E-state index in [0.717, 1.165) is 46.6 Å². The summed E-state index contributed by atoms with van der Waals surface area (Å²) in [6, 6.07) is 13.8. The van der Waals surface area contributed by atoms with E-state index in [2.05, 4.69) is 10.2 Å². The number of anilines is 1. The van der Waals surface area contributed by atoms with Gasteiger partial charge in [-0.2, -0.15) is 5.10 Å². The molecule has 1 fully saturated rings. The highest BCUT2D eigenvalue weighted by Crippen LogP contribution is 2.27. The number of methoxy groups -OCH3 is 1. The van der Waals surface area contributed by atoms with Crippen molar-refractivity contribution in [3.63, 3.8) is 0 Å². The lowest BCUT2D eigenvalue weighted by molar-refractivity contribution is -0.117. The van der Waals surface area contributed by atoms with Gasteiger partial charge >= 0.3 is 0 Å². The molecule has 0 atom stereocenters. The highest BCUT2D eigenvalue weighted by Gasteiger charge is 2.22. The van der Waals surface area contributed by atoms with Crippen molar-refractivity contribution >= 4 is 34.6 Å². The Morgan fingerprint density at radius 1 is 1.16 bits per heavy atom. The molecule has 5 nitrogen and oxygen atoms in total. The molecule has 4 rings (SSSR count). The molecule has 0 aliphatic carbocycles. The second-order valence-electron chi connectivity index (χ2n) is 6.09. The lowest BCUT2D eigenvalue weighted by Crippen LogP contribution is -2.23. The monoisotopic (exact) mass is 333 g/mol. The first-order valence-corrected chi connectivity index (χ1v) is 8.35. The molecule has 1 saturated heterocycles. The fourth-order valence-corrected chi connectivity index (χ4v) is 3.13. The molecule has 5 heteroatoms. The second kappa shape index (κ2) is 6.43. The molecule has 0 bridgehead atoms. The quantitative estimate of drug-likeness (QED) is 0.788. The summed E-state index contributed by atoms with van der Waals surface area (Å²) >= 11 is 0. The van der Waals surface area contributed by atoms with Crippen LogP contribution in [0.4, 0.5) is 5.69 Å². The van der Waals surface area contributed by atoms with Crippen molar-refractivity contribution in [2.75, 3.05) is 18.6 Å². The first kappa shape index (κ1) is 15.4. The summed E-state index contributed by atoms with van der Waals surface area (Å²) in [5, 5.41) is 8.45. The lowest BCUT2D eigenvalue weighted by atomic mass is 10.1. The molecule has 1 aliphatic rings. The van der Waals surface area contributed by atoms with Crippen LogP contribution in [0.1, 0.15) is 24.1 Å². The van der Waals surface area contributed by atoms with Gasteiger partial charge in [-0.05, 0) is 48.4 Å². The van der Waals surface area contributed by atoms with E-state index >= 15 is 0 Å². The van der Waals surface area contributed by atoms with E-state index in [9.17, 15) is 4.79 Å². The molecule has 1 aliphatic heterocycles. The first-order chi connectivity index (χ1) is 12.2. The molecule has 0 unspecified atom stereocenters. The smallest absolute Gasteiger partial charge is 0.227 e. The van der Waals surface area contributed by atoms with Crippen molar-refractivity contribution < 1.29 is 9.53 Å². The van der Waals surface area contributed by atoms with Gasteiger partial charge in [-0.3, -0.25) is 9.89 Å². The van der Waals surface area contributed by atoms with E-state index in [1.165, 1.54) is 0 Å². The number of aromatic nitrogens is 2. The van der Waals surface area contributed by atoms with Gasteiger partial charge < -0.3 is 9.64 Å². The normalized spacial score (nSPS) is 14.8. The molecular weight excluding hydrogens is 314 g/mol. The SMILES string of the molecule is COc1ccc(/C=C/c2n[nH]c3ccc(N4CCCC4=O)cc23)cc1. The predicted octanol–water partition coefficient (Wildman–Crippen LogP) is 3.87. The largest absolute Gasteiger partial charge is 0.497 e. The van der Waals surface area contributed by atoms with Crippen LogP contribution in [-0.4, -0.2) is 29.8 Å². The number of nitrogens with zero attached hydrogens (tertiary/aromatic N) is 2. The Bertz CT molecular complexity index is 941. The van der Waals surface area contributed by atoms with Crippen LogP contribution in [0.15, 0.2) is 42.5 Å². The molecule has 25 heavy (non-hydrogen) atoms. The number of amides is 1. The Kier molecular flexibility index (Phi) is 3.98. The van der Waals surface area contributed by atoms with Crippen LogP contribution >= 0.6 is 0 Å². The molecule has 0 radical (unpaired) electrons. The van der Waals surface area contributed by atoms with Crippen molar-refractivity contribution in [2.24, 2.45) is 0 Å². The summed E-state index contributed by atoms with van der Waals surface area (Å²) in [6.07, 6.45) is 5.55. The summed E-state index contributed by atoms with van der Waals surface area (Å²) < 4.78 is 5.17. The number of ether oxygens (including phenoxy) is 1. The van der Waals surface area contributed by atoms with Crippen LogP contribution in [0.3, 0.4) is 0 Å². The maximum absolute atomic E-state index is 12.0. The van der Waals surface area contributed by atoms with Crippen LogP contribution in [0.5, 0.6) is 5.75 Å². The molecule has 126 valence electrons. The Labute approximate surface area is 145 Å². The van der Waals surface area contributed by atoms with Gasteiger partial charge in [-0.25, -0.2) is 0 Å². The fourth-order valence-electron chi connectivity index (χ4n) is 3.13. The average Bonchev–Trinajstić information content (AvgIpc) is 3.26. The molecule has 1 amide bonds. The fraction of sp³-hybridized carbons (Fsp3) is 0.200. The van der Waals surface area contributed by atoms with Gasteiger partial charge in [0.05, 0.1) is 18.3 Å². The molecular formula is C20H19N3O2. The van der Waals surface area contributed by atoms with Crippen LogP contribution < -0.4 is 9.64 Å². The molecule has 2 heterocycles. The standard InChI is InChI=1S/C20H19N3O2/c1-25-16-8-4-14(5-9-16)6-10-18-17-13-15(7-11-19(17)22-21-18)23-12-2-3-20(23)24/h4-11,13H,2-3,12H2,1H3,(H,21,22)/b10-6+. The summed E-state index contributed by atoms with van der Waals surface area (Å²) in [6.45, 7) is 0.791. The number of aromatic amines is 1. The molecule has 1 aromatic heterocycles. The van der Waals surface area contributed by atoms with E-state index < -0.39 is 0 Å². The summed E-state index contributed by atoms with van der Waals surface area (Å²) in [5.41, 5.74) is 3.84. The minimum atomic E-state index is 0.193. The van der Waals surface area contributed by atoms with Gasteiger partial charge in [0.2, 0.25) is 5.91 Å². The van der Waals surface area contributed by atoms with Crippen LogP contribution in [-0.2, 0) is 4.79 Å². The lowest BCUT2D eigenvalue weighted by Gasteiger charge is -2.15. The summed E-state index contributed by atoms with van der Waals surface area (Å²) in [5.74, 6) is 1.03. The number of rotatable bonds is 4. The topological polar surface area (TPSA) is 58.2 Å².